The molecule has 3 rings (SSSR count). The Morgan fingerprint density at radius 2 is 1.76 bits per heavy atom. The van der Waals surface area contributed by atoms with Crippen molar-refractivity contribution in [3.05, 3.63) is 53.9 Å². The number of rotatable bonds is 6. The molecule has 0 atom stereocenters. The first kappa shape index (κ1) is 16.5. The highest BCUT2D eigenvalue weighted by atomic mass is 16.5. The van der Waals surface area contributed by atoms with Crippen LogP contribution in [0, 0.1) is 0 Å². The molecule has 0 unspecified atom stereocenters. The number of aromatic nitrogens is 2. The van der Waals surface area contributed by atoms with E-state index in [1.807, 2.05) is 0 Å². The molecule has 0 aliphatic heterocycles. The van der Waals surface area contributed by atoms with Crippen LogP contribution in [0.1, 0.15) is 20.7 Å². The van der Waals surface area contributed by atoms with Crippen LogP contribution in [-0.2, 0) is 4.74 Å². The summed E-state index contributed by atoms with van der Waals surface area (Å²) in [4.78, 5) is 31.3. The third-order valence-electron chi connectivity index (χ3n) is 3.70. The molecule has 1 aromatic heterocycles. The number of nitrogens with zero attached hydrogens (tertiary/aromatic N) is 1. The van der Waals surface area contributed by atoms with Gasteiger partial charge in [0.2, 0.25) is 0 Å². The molecule has 0 bridgehead atoms. The molecule has 7 heteroatoms. The second kappa shape index (κ2) is 7.04. The number of carbonyl (C=O) groups is 2. The largest absolute Gasteiger partial charge is 0.493 e. The summed E-state index contributed by atoms with van der Waals surface area (Å²) in [7, 11) is 3.00. The van der Waals surface area contributed by atoms with E-state index < -0.39 is 5.97 Å². The van der Waals surface area contributed by atoms with Crippen molar-refractivity contribution < 1.29 is 23.8 Å². The van der Waals surface area contributed by atoms with Crippen LogP contribution in [0.4, 0.5) is 0 Å². The smallest absolute Gasteiger partial charge is 0.338 e. The summed E-state index contributed by atoms with van der Waals surface area (Å²) in [6, 6.07) is 9.70. The van der Waals surface area contributed by atoms with Crippen LogP contribution in [-0.4, -0.2) is 42.5 Å². The molecular formula is C18H16N2O5. The predicted octanol–water partition coefficient (Wildman–Crippen LogP) is 2.62. The number of ketones is 1. The molecule has 7 nitrogen and oxygen atoms in total. The second-order valence-electron chi connectivity index (χ2n) is 5.20. The van der Waals surface area contributed by atoms with Crippen LogP contribution in [0.3, 0.4) is 0 Å². The Morgan fingerprint density at radius 3 is 2.52 bits per heavy atom. The molecule has 0 aliphatic rings. The van der Waals surface area contributed by atoms with Crippen molar-refractivity contribution in [3.63, 3.8) is 0 Å². The zero-order chi connectivity index (χ0) is 17.8. The van der Waals surface area contributed by atoms with Gasteiger partial charge in [-0.2, -0.15) is 0 Å². The minimum absolute atomic E-state index is 0.336. The van der Waals surface area contributed by atoms with E-state index in [0.29, 0.717) is 22.6 Å². The molecule has 0 radical (unpaired) electrons. The lowest BCUT2D eigenvalue weighted by molar-refractivity contribution is 0.0475. The average molecular weight is 340 g/mol. The minimum Gasteiger partial charge on any atom is -0.493 e. The number of H-pyrrole nitrogens is 1. The fourth-order valence-electron chi connectivity index (χ4n) is 2.37. The zero-order valence-electron chi connectivity index (χ0n) is 13.7. The number of esters is 1. The highest BCUT2D eigenvalue weighted by Crippen LogP contribution is 2.27. The van der Waals surface area contributed by atoms with Gasteiger partial charge in [-0.3, -0.25) is 4.79 Å². The summed E-state index contributed by atoms with van der Waals surface area (Å²) in [6.07, 6.45) is 1.54. The summed E-state index contributed by atoms with van der Waals surface area (Å²) in [5.74, 6) is 0.0375. The van der Waals surface area contributed by atoms with Gasteiger partial charge in [0.1, 0.15) is 0 Å². The minimum atomic E-state index is -0.578. The van der Waals surface area contributed by atoms with E-state index >= 15 is 0 Å². The maximum atomic E-state index is 12.2. The topological polar surface area (TPSA) is 90.5 Å². The Morgan fingerprint density at radius 1 is 1.00 bits per heavy atom. The lowest BCUT2D eigenvalue weighted by Crippen LogP contribution is -2.14. The van der Waals surface area contributed by atoms with Gasteiger partial charge in [0.15, 0.2) is 23.9 Å². The zero-order valence-corrected chi connectivity index (χ0v) is 13.7. The highest BCUT2D eigenvalue weighted by molar-refractivity contribution is 6.00. The maximum Gasteiger partial charge on any atom is 0.338 e. The van der Waals surface area contributed by atoms with E-state index in [1.54, 1.807) is 42.7 Å². The van der Waals surface area contributed by atoms with Crippen molar-refractivity contribution >= 4 is 22.8 Å². The van der Waals surface area contributed by atoms with Crippen LogP contribution < -0.4 is 9.47 Å². The third-order valence-corrected chi connectivity index (χ3v) is 3.70. The van der Waals surface area contributed by atoms with Crippen LogP contribution in [0.15, 0.2) is 42.7 Å². The fraction of sp³-hybridized carbons (Fsp3) is 0.167. The highest BCUT2D eigenvalue weighted by Gasteiger charge is 2.15. The van der Waals surface area contributed by atoms with Gasteiger partial charge in [-0.05, 0) is 36.4 Å². The SMILES string of the molecule is COc1ccc(C(=O)COC(=O)c2ccc3nc[nH]c3c2)cc1OC. The van der Waals surface area contributed by atoms with Crippen LogP contribution in [0.25, 0.3) is 11.0 Å². The van der Waals surface area contributed by atoms with E-state index in [9.17, 15) is 9.59 Å². The summed E-state index contributed by atoms with van der Waals surface area (Å²) in [6.45, 7) is -0.366. The van der Waals surface area contributed by atoms with Gasteiger partial charge in [-0.1, -0.05) is 0 Å². The normalized spacial score (nSPS) is 10.5. The summed E-state index contributed by atoms with van der Waals surface area (Å²) in [5.41, 5.74) is 2.19. The number of benzene rings is 2. The van der Waals surface area contributed by atoms with Gasteiger partial charge in [0.05, 0.1) is 37.1 Å². The molecule has 128 valence electrons. The first-order valence-electron chi connectivity index (χ1n) is 7.48. The van der Waals surface area contributed by atoms with Gasteiger partial charge in [0, 0.05) is 5.56 Å². The van der Waals surface area contributed by atoms with Gasteiger partial charge in [-0.15, -0.1) is 0 Å². The molecular weight excluding hydrogens is 324 g/mol. The first-order chi connectivity index (χ1) is 12.1. The second-order valence-corrected chi connectivity index (χ2v) is 5.20. The lowest BCUT2D eigenvalue weighted by atomic mass is 10.1. The standard InChI is InChI=1S/C18H16N2O5/c1-23-16-6-4-11(8-17(16)24-2)15(21)9-25-18(22)12-3-5-13-14(7-12)20-10-19-13/h3-8,10H,9H2,1-2H3,(H,19,20). The average Bonchev–Trinajstić information content (AvgIpc) is 3.12. The Labute approximate surface area is 143 Å². The van der Waals surface area contributed by atoms with Crippen LogP contribution in [0.5, 0.6) is 11.5 Å². The van der Waals surface area contributed by atoms with Crippen LogP contribution in [0.2, 0.25) is 0 Å². The summed E-state index contributed by atoms with van der Waals surface area (Å²) in [5, 5.41) is 0. The number of hydrogen-bond acceptors (Lipinski definition) is 6. The molecule has 0 amide bonds. The molecule has 1 N–H and O–H groups in total. The van der Waals surface area contributed by atoms with Crippen molar-refractivity contribution in [2.75, 3.05) is 20.8 Å². The van der Waals surface area contributed by atoms with E-state index in [4.69, 9.17) is 14.2 Å². The quantitative estimate of drug-likeness (QED) is 0.548. The first-order valence-corrected chi connectivity index (χ1v) is 7.48. The van der Waals surface area contributed by atoms with Crippen molar-refractivity contribution in [1.29, 1.82) is 0 Å². The van der Waals surface area contributed by atoms with Gasteiger partial charge in [-0.25, -0.2) is 9.78 Å². The molecule has 0 fully saturated rings. The number of methoxy groups -OCH3 is 2. The van der Waals surface area contributed by atoms with Crippen molar-refractivity contribution in [3.8, 4) is 11.5 Å². The molecule has 0 spiro atoms. The summed E-state index contributed by atoms with van der Waals surface area (Å²) >= 11 is 0. The van der Waals surface area contributed by atoms with Crippen LogP contribution >= 0.6 is 0 Å². The number of nitrogens with one attached hydrogen (secondary N) is 1. The molecule has 3 aromatic rings. The number of imidazole rings is 1. The Bertz CT molecular complexity index is 932. The molecule has 0 aliphatic carbocycles. The van der Waals surface area contributed by atoms with Gasteiger partial charge >= 0.3 is 5.97 Å². The fourth-order valence-corrected chi connectivity index (χ4v) is 2.37. The molecule has 1 heterocycles. The van der Waals surface area contributed by atoms with Gasteiger partial charge < -0.3 is 19.2 Å². The van der Waals surface area contributed by atoms with E-state index in [0.717, 1.165) is 11.0 Å². The molecule has 2 aromatic carbocycles. The molecule has 0 saturated carbocycles. The third kappa shape index (κ3) is 3.45. The number of hydrogen-bond donors (Lipinski definition) is 1. The Kier molecular flexibility index (Phi) is 4.65. The monoisotopic (exact) mass is 340 g/mol. The van der Waals surface area contributed by atoms with Crippen molar-refractivity contribution in [2.24, 2.45) is 0 Å². The predicted molar refractivity (Wildman–Crippen MR) is 90.3 cm³/mol. The van der Waals surface area contributed by atoms with E-state index in [-0.39, 0.29) is 12.4 Å². The van der Waals surface area contributed by atoms with E-state index in [2.05, 4.69) is 9.97 Å². The van der Waals surface area contributed by atoms with Crippen molar-refractivity contribution in [1.82, 2.24) is 9.97 Å². The Hall–Kier alpha value is -3.35. The molecule has 25 heavy (non-hydrogen) atoms. The number of fused-ring (bicyclic) bond motifs is 1. The number of carbonyl (C=O) groups excluding carboxylic acids is 2. The number of ether oxygens (including phenoxy) is 3. The number of Topliss-reactive ketones (excluding diaryl/α,β-unsaturated/α-hetero) is 1. The van der Waals surface area contributed by atoms with E-state index in [1.165, 1.54) is 14.2 Å². The van der Waals surface area contributed by atoms with Crippen molar-refractivity contribution in [2.45, 2.75) is 0 Å². The number of aromatic amines is 1. The summed E-state index contributed by atoms with van der Waals surface area (Å²) < 4.78 is 15.4. The van der Waals surface area contributed by atoms with Gasteiger partial charge in [0.25, 0.3) is 0 Å². The Balaban J connectivity index is 1.68. The molecule has 0 saturated heterocycles. The maximum absolute atomic E-state index is 12.2. The lowest BCUT2D eigenvalue weighted by Gasteiger charge is -2.09.